The number of aryl methyl sites for hydroxylation is 1. The first-order chi connectivity index (χ1) is 11.0. The van der Waals surface area contributed by atoms with Gasteiger partial charge in [-0.3, -0.25) is 4.79 Å². The first-order valence-corrected chi connectivity index (χ1v) is 9.44. The summed E-state index contributed by atoms with van der Waals surface area (Å²) >= 11 is 0. The minimum atomic E-state index is -3.49. The van der Waals surface area contributed by atoms with Crippen molar-refractivity contribution in [3.8, 4) is 0 Å². The second-order valence-electron chi connectivity index (χ2n) is 6.13. The Balaban J connectivity index is 3.17. The SMILES string of the molecule is CCS(=O)(=O)N(CC(=O)c1c(C)[nH]c(C(=O)OC)c1C)CC(C)C. The number of methoxy groups -OCH3 is 1. The van der Waals surface area contributed by atoms with Gasteiger partial charge in [0.2, 0.25) is 10.0 Å². The van der Waals surface area contributed by atoms with Gasteiger partial charge in [-0.25, -0.2) is 13.2 Å². The van der Waals surface area contributed by atoms with E-state index < -0.39 is 16.0 Å². The number of hydrogen-bond donors (Lipinski definition) is 1. The van der Waals surface area contributed by atoms with Crippen LogP contribution in [0.25, 0.3) is 0 Å². The Morgan fingerprint density at radius 2 is 1.83 bits per heavy atom. The predicted octanol–water partition coefficient (Wildman–Crippen LogP) is 1.91. The first-order valence-electron chi connectivity index (χ1n) is 7.83. The van der Waals surface area contributed by atoms with Crippen molar-refractivity contribution in [3.63, 3.8) is 0 Å². The van der Waals surface area contributed by atoms with E-state index >= 15 is 0 Å². The lowest BCUT2D eigenvalue weighted by molar-refractivity contribution is 0.0594. The Kier molecular flexibility index (Phi) is 6.74. The number of nitrogens with zero attached hydrogens (tertiary/aromatic N) is 1. The van der Waals surface area contributed by atoms with Gasteiger partial charge in [-0.05, 0) is 32.3 Å². The topological polar surface area (TPSA) is 96.5 Å². The molecule has 136 valence electrons. The fourth-order valence-corrected chi connectivity index (χ4v) is 3.78. The van der Waals surface area contributed by atoms with E-state index in [1.807, 2.05) is 13.8 Å². The van der Waals surface area contributed by atoms with Gasteiger partial charge in [-0.1, -0.05) is 13.8 Å². The van der Waals surface area contributed by atoms with Gasteiger partial charge in [0.25, 0.3) is 0 Å². The standard InChI is InChI=1S/C16H26N2O5S/c1-7-24(21,22)18(8-10(2)3)9-13(19)14-11(4)15(16(20)23-6)17-12(14)5/h10,17H,7-9H2,1-6H3. The summed E-state index contributed by atoms with van der Waals surface area (Å²) in [5.74, 6) is -0.868. The number of esters is 1. The number of aromatic amines is 1. The van der Waals surface area contributed by atoms with Crippen molar-refractivity contribution in [3.05, 3.63) is 22.5 Å². The van der Waals surface area contributed by atoms with Crippen molar-refractivity contribution in [1.82, 2.24) is 9.29 Å². The van der Waals surface area contributed by atoms with Crippen molar-refractivity contribution < 1.29 is 22.7 Å². The monoisotopic (exact) mass is 358 g/mol. The molecule has 0 aliphatic rings. The van der Waals surface area contributed by atoms with E-state index in [1.54, 1.807) is 20.8 Å². The summed E-state index contributed by atoms with van der Waals surface area (Å²) in [6.07, 6.45) is 0. The molecule has 1 aromatic rings. The predicted molar refractivity (Wildman–Crippen MR) is 91.8 cm³/mol. The van der Waals surface area contributed by atoms with Crippen LogP contribution < -0.4 is 0 Å². The summed E-state index contributed by atoms with van der Waals surface area (Å²) in [5, 5.41) is 0. The zero-order valence-electron chi connectivity index (χ0n) is 15.1. The Bertz CT molecular complexity index is 719. The molecule has 0 aliphatic heterocycles. The lowest BCUT2D eigenvalue weighted by atomic mass is 10.1. The Labute approximate surface area is 143 Å². The Hall–Kier alpha value is -1.67. The smallest absolute Gasteiger partial charge is 0.354 e. The number of hydrogen-bond acceptors (Lipinski definition) is 5. The quantitative estimate of drug-likeness (QED) is 0.565. The number of ether oxygens (including phenoxy) is 1. The molecular weight excluding hydrogens is 332 g/mol. The second-order valence-corrected chi connectivity index (χ2v) is 8.38. The highest BCUT2D eigenvalue weighted by Crippen LogP contribution is 2.20. The molecule has 0 unspecified atom stereocenters. The molecule has 0 fully saturated rings. The molecule has 0 atom stereocenters. The molecule has 7 nitrogen and oxygen atoms in total. The van der Waals surface area contributed by atoms with Gasteiger partial charge >= 0.3 is 5.97 Å². The minimum Gasteiger partial charge on any atom is -0.464 e. The molecule has 1 rings (SSSR count). The van der Waals surface area contributed by atoms with Crippen LogP contribution in [0.5, 0.6) is 0 Å². The van der Waals surface area contributed by atoms with Crippen LogP contribution in [0.2, 0.25) is 0 Å². The summed E-state index contributed by atoms with van der Waals surface area (Å²) in [6, 6.07) is 0. The van der Waals surface area contributed by atoms with Crippen LogP contribution in [0.1, 0.15) is 52.9 Å². The average molecular weight is 358 g/mol. The zero-order valence-corrected chi connectivity index (χ0v) is 15.9. The third-order valence-corrected chi connectivity index (χ3v) is 5.55. The van der Waals surface area contributed by atoms with Gasteiger partial charge < -0.3 is 9.72 Å². The maximum Gasteiger partial charge on any atom is 0.354 e. The summed E-state index contributed by atoms with van der Waals surface area (Å²) in [7, 11) is -2.23. The van der Waals surface area contributed by atoms with Crippen molar-refractivity contribution in [2.75, 3.05) is 26.0 Å². The highest BCUT2D eigenvalue weighted by Gasteiger charge is 2.28. The van der Waals surface area contributed by atoms with E-state index in [-0.39, 0.29) is 36.2 Å². The molecule has 8 heteroatoms. The first kappa shape index (κ1) is 20.4. The molecule has 0 saturated heterocycles. The lowest BCUT2D eigenvalue weighted by Crippen LogP contribution is -2.39. The molecule has 1 aromatic heterocycles. The maximum atomic E-state index is 12.7. The molecule has 0 spiro atoms. The molecule has 0 saturated carbocycles. The van der Waals surface area contributed by atoms with E-state index in [2.05, 4.69) is 9.72 Å². The van der Waals surface area contributed by atoms with Gasteiger partial charge in [-0.2, -0.15) is 4.31 Å². The van der Waals surface area contributed by atoms with Crippen LogP contribution in [0.3, 0.4) is 0 Å². The number of nitrogens with one attached hydrogen (secondary N) is 1. The van der Waals surface area contributed by atoms with E-state index in [0.29, 0.717) is 16.8 Å². The lowest BCUT2D eigenvalue weighted by Gasteiger charge is -2.22. The Morgan fingerprint density at radius 3 is 2.29 bits per heavy atom. The van der Waals surface area contributed by atoms with Crippen LogP contribution in [0.4, 0.5) is 0 Å². The molecular formula is C16H26N2O5S. The van der Waals surface area contributed by atoms with Gasteiger partial charge in [0, 0.05) is 17.8 Å². The number of carbonyl (C=O) groups is 2. The van der Waals surface area contributed by atoms with E-state index in [1.165, 1.54) is 11.4 Å². The molecule has 0 bridgehead atoms. The van der Waals surface area contributed by atoms with Crippen LogP contribution in [0.15, 0.2) is 0 Å². The van der Waals surface area contributed by atoms with E-state index in [4.69, 9.17) is 0 Å². The number of sulfonamides is 1. The molecule has 1 N–H and O–H groups in total. The van der Waals surface area contributed by atoms with Gasteiger partial charge in [0.1, 0.15) is 5.69 Å². The summed E-state index contributed by atoms with van der Waals surface area (Å²) in [4.78, 5) is 27.3. The minimum absolute atomic E-state index is 0.0640. The Morgan fingerprint density at radius 1 is 1.25 bits per heavy atom. The molecule has 0 aromatic carbocycles. The number of ketones is 1. The van der Waals surface area contributed by atoms with Crippen molar-refractivity contribution in [1.29, 1.82) is 0 Å². The molecule has 0 radical (unpaired) electrons. The van der Waals surface area contributed by atoms with E-state index in [9.17, 15) is 18.0 Å². The fraction of sp³-hybridized carbons (Fsp3) is 0.625. The molecule has 0 amide bonds. The molecule has 24 heavy (non-hydrogen) atoms. The summed E-state index contributed by atoms with van der Waals surface area (Å²) in [6.45, 7) is 8.69. The highest BCUT2D eigenvalue weighted by molar-refractivity contribution is 7.89. The number of H-pyrrole nitrogens is 1. The maximum absolute atomic E-state index is 12.7. The summed E-state index contributed by atoms with van der Waals surface area (Å²) < 4.78 is 30.3. The third kappa shape index (κ3) is 4.45. The van der Waals surface area contributed by atoms with Gasteiger partial charge in [0.05, 0.1) is 19.4 Å². The summed E-state index contributed by atoms with van der Waals surface area (Å²) in [5.41, 5.74) is 1.56. The fourth-order valence-electron chi connectivity index (χ4n) is 2.58. The normalized spacial score (nSPS) is 12.0. The number of rotatable bonds is 8. The largest absolute Gasteiger partial charge is 0.464 e. The average Bonchev–Trinajstić information content (AvgIpc) is 2.80. The number of carbonyl (C=O) groups excluding carboxylic acids is 2. The second kappa shape index (κ2) is 7.94. The van der Waals surface area contributed by atoms with Crippen molar-refractivity contribution in [2.24, 2.45) is 5.92 Å². The van der Waals surface area contributed by atoms with Gasteiger partial charge in [0.15, 0.2) is 5.78 Å². The van der Waals surface area contributed by atoms with Crippen LogP contribution in [-0.4, -0.2) is 55.4 Å². The molecule has 1 heterocycles. The number of aromatic nitrogens is 1. The molecule has 0 aliphatic carbocycles. The van der Waals surface area contributed by atoms with Crippen LogP contribution in [-0.2, 0) is 14.8 Å². The van der Waals surface area contributed by atoms with Crippen molar-refractivity contribution in [2.45, 2.75) is 34.6 Å². The zero-order chi connectivity index (χ0) is 18.7. The highest BCUT2D eigenvalue weighted by atomic mass is 32.2. The number of Topliss-reactive ketones (excluding diaryl/α,β-unsaturated/α-hetero) is 1. The van der Waals surface area contributed by atoms with Gasteiger partial charge in [-0.15, -0.1) is 0 Å². The van der Waals surface area contributed by atoms with Crippen LogP contribution in [0, 0.1) is 19.8 Å². The third-order valence-electron chi connectivity index (χ3n) is 3.75. The van der Waals surface area contributed by atoms with Crippen molar-refractivity contribution >= 4 is 21.8 Å². The van der Waals surface area contributed by atoms with Crippen LogP contribution >= 0.6 is 0 Å². The van der Waals surface area contributed by atoms with E-state index in [0.717, 1.165) is 0 Å².